The summed E-state index contributed by atoms with van der Waals surface area (Å²) in [4.78, 5) is 15.5. The summed E-state index contributed by atoms with van der Waals surface area (Å²) in [7, 11) is 0. The summed E-state index contributed by atoms with van der Waals surface area (Å²) >= 11 is 6.15. The van der Waals surface area contributed by atoms with Crippen LogP contribution in [-0.4, -0.2) is 22.7 Å². The van der Waals surface area contributed by atoms with Crippen LogP contribution in [0.1, 0.15) is 17.7 Å². The van der Waals surface area contributed by atoms with Gasteiger partial charge < -0.3 is 15.2 Å². The quantitative estimate of drug-likeness (QED) is 0.538. The molecule has 0 aliphatic heterocycles. The Balaban J connectivity index is 0.00000240. The molecule has 2 N–H and O–H groups in total. The highest BCUT2D eigenvalue weighted by Crippen LogP contribution is 2.34. The zero-order valence-corrected chi connectivity index (χ0v) is 17.1. The van der Waals surface area contributed by atoms with Crippen molar-refractivity contribution >= 4 is 41.4 Å². The van der Waals surface area contributed by atoms with Gasteiger partial charge in [0, 0.05) is 27.7 Å². The Labute approximate surface area is 180 Å². The van der Waals surface area contributed by atoms with E-state index in [1.165, 1.54) is 5.56 Å². The van der Waals surface area contributed by atoms with E-state index >= 15 is 0 Å². The second kappa shape index (κ2) is 9.16. The number of hydrogen-bond acceptors (Lipinski definition) is 4. The Bertz CT molecular complexity index is 1020. The van der Waals surface area contributed by atoms with Crippen molar-refractivity contribution in [2.75, 3.05) is 11.9 Å². The van der Waals surface area contributed by atoms with Gasteiger partial charge >= 0.3 is 5.97 Å². The van der Waals surface area contributed by atoms with Gasteiger partial charge in [0.1, 0.15) is 5.75 Å². The number of carboxylic acids is 1. The zero-order chi connectivity index (χ0) is 19.5. The lowest BCUT2D eigenvalue weighted by Gasteiger charge is -2.14. The smallest absolute Gasteiger partial charge is 0.341 e. The van der Waals surface area contributed by atoms with Crippen LogP contribution in [-0.2, 0) is 17.6 Å². The lowest BCUT2D eigenvalue weighted by molar-refractivity contribution is -0.139. The summed E-state index contributed by atoms with van der Waals surface area (Å²) in [6.45, 7) is -0.354. The van der Waals surface area contributed by atoms with E-state index in [-0.39, 0.29) is 19.0 Å². The van der Waals surface area contributed by atoms with E-state index in [1.807, 2.05) is 36.4 Å². The molecule has 5 nitrogen and oxygen atoms in total. The standard InChI is InChI=1S/C22H19ClN2O3.ClH/c23-15-4-1-3-14(11-15)20-12-21(18-5-2-6-19(18)25-20)24-16-7-9-17(10-8-16)28-13-22(26)27;/h1,3-4,7-12H,2,5-6,13H2,(H,24,25)(H,26,27);1H. The molecule has 1 aromatic heterocycles. The fraction of sp³-hybridized carbons (Fsp3) is 0.182. The van der Waals surface area contributed by atoms with E-state index in [1.54, 1.807) is 12.1 Å². The van der Waals surface area contributed by atoms with Crippen LogP contribution >= 0.6 is 24.0 Å². The van der Waals surface area contributed by atoms with Crippen molar-refractivity contribution < 1.29 is 14.6 Å². The average Bonchev–Trinajstić information content (AvgIpc) is 3.16. The lowest BCUT2D eigenvalue weighted by Crippen LogP contribution is -2.09. The molecule has 7 heteroatoms. The molecule has 2 aromatic carbocycles. The number of aliphatic carboxylic acids is 1. The first kappa shape index (κ1) is 21.0. The molecule has 3 aromatic rings. The van der Waals surface area contributed by atoms with Gasteiger partial charge in [-0.05, 0) is 67.3 Å². The van der Waals surface area contributed by atoms with Gasteiger partial charge in [-0.1, -0.05) is 23.7 Å². The maximum absolute atomic E-state index is 10.6. The molecule has 0 saturated carbocycles. The minimum atomic E-state index is -0.997. The Kier molecular flexibility index (Phi) is 6.62. The van der Waals surface area contributed by atoms with Crippen molar-refractivity contribution in [3.05, 3.63) is 70.9 Å². The molecule has 4 rings (SSSR count). The number of aryl methyl sites for hydroxylation is 1. The molecular weight excluding hydrogens is 411 g/mol. The summed E-state index contributed by atoms with van der Waals surface area (Å²) in [5.41, 5.74) is 6.20. The number of halogens is 2. The highest BCUT2D eigenvalue weighted by atomic mass is 35.5. The van der Waals surface area contributed by atoms with Crippen LogP contribution < -0.4 is 10.1 Å². The molecule has 0 saturated heterocycles. The number of rotatable bonds is 6. The minimum absolute atomic E-state index is 0. The number of fused-ring (bicyclic) bond motifs is 1. The van der Waals surface area contributed by atoms with Crippen LogP contribution in [0.3, 0.4) is 0 Å². The highest BCUT2D eigenvalue weighted by molar-refractivity contribution is 6.30. The van der Waals surface area contributed by atoms with E-state index in [0.717, 1.165) is 47.6 Å². The number of aromatic nitrogens is 1. The predicted octanol–water partition coefficient (Wildman–Crippen LogP) is 5.52. The molecule has 150 valence electrons. The van der Waals surface area contributed by atoms with Crippen molar-refractivity contribution in [3.8, 4) is 17.0 Å². The first-order chi connectivity index (χ1) is 13.6. The summed E-state index contributed by atoms with van der Waals surface area (Å²) in [6.07, 6.45) is 3.07. The predicted molar refractivity (Wildman–Crippen MR) is 117 cm³/mol. The van der Waals surface area contributed by atoms with Crippen molar-refractivity contribution in [1.82, 2.24) is 4.98 Å². The first-order valence-electron chi connectivity index (χ1n) is 9.09. The van der Waals surface area contributed by atoms with E-state index in [0.29, 0.717) is 10.8 Å². The number of anilines is 2. The zero-order valence-electron chi connectivity index (χ0n) is 15.5. The van der Waals surface area contributed by atoms with E-state index < -0.39 is 5.97 Å². The molecule has 29 heavy (non-hydrogen) atoms. The largest absolute Gasteiger partial charge is 0.482 e. The molecule has 0 spiro atoms. The third-order valence-electron chi connectivity index (χ3n) is 4.67. The molecule has 0 bridgehead atoms. The number of nitrogens with one attached hydrogen (secondary N) is 1. The molecule has 1 heterocycles. The number of ether oxygens (including phenoxy) is 1. The lowest BCUT2D eigenvalue weighted by atomic mass is 10.1. The van der Waals surface area contributed by atoms with Gasteiger partial charge in [0.25, 0.3) is 0 Å². The number of benzene rings is 2. The summed E-state index contributed by atoms with van der Waals surface area (Å²) in [5, 5.41) is 12.9. The van der Waals surface area contributed by atoms with Crippen LogP contribution in [0, 0.1) is 0 Å². The van der Waals surface area contributed by atoms with Crippen LogP contribution in [0.4, 0.5) is 11.4 Å². The number of carbonyl (C=O) groups is 1. The van der Waals surface area contributed by atoms with Gasteiger partial charge in [-0.15, -0.1) is 12.4 Å². The van der Waals surface area contributed by atoms with Gasteiger partial charge in [-0.25, -0.2) is 4.79 Å². The number of hydrogen-bond donors (Lipinski definition) is 2. The monoisotopic (exact) mass is 430 g/mol. The maximum Gasteiger partial charge on any atom is 0.341 e. The second-order valence-corrected chi connectivity index (χ2v) is 7.11. The molecule has 0 amide bonds. The molecule has 0 radical (unpaired) electrons. The molecular formula is C22H20Cl2N2O3. The van der Waals surface area contributed by atoms with Gasteiger partial charge in [0.05, 0.1) is 5.69 Å². The van der Waals surface area contributed by atoms with Crippen LogP contribution in [0.15, 0.2) is 54.6 Å². The van der Waals surface area contributed by atoms with E-state index in [4.69, 9.17) is 26.4 Å². The molecule has 0 atom stereocenters. The first-order valence-corrected chi connectivity index (χ1v) is 9.47. The van der Waals surface area contributed by atoms with Gasteiger partial charge in [0.15, 0.2) is 6.61 Å². The Morgan fingerprint density at radius 2 is 1.93 bits per heavy atom. The van der Waals surface area contributed by atoms with Gasteiger partial charge in [-0.3, -0.25) is 4.98 Å². The van der Waals surface area contributed by atoms with E-state index in [2.05, 4.69) is 11.4 Å². The number of pyridine rings is 1. The van der Waals surface area contributed by atoms with Gasteiger partial charge in [0.2, 0.25) is 0 Å². The Morgan fingerprint density at radius 3 is 2.66 bits per heavy atom. The fourth-order valence-corrected chi connectivity index (χ4v) is 3.58. The topological polar surface area (TPSA) is 71.5 Å². The average molecular weight is 431 g/mol. The normalized spacial score (nSPS) is 12.0. The van der Waals surface area contributed by atoms with Crippen molar-refractivity contribution in [2.45, 2.75) is 19.3 Å². The second-order valence-electron chi connectivity index (χ2n) is 6.68. The van der Waals surface area contributed by atoms with Crippen molar-refractivity contribution in [2.24, 2.45) is 0 Å². The Hall–Kier alpha value is -2.76. The highest BCUT2D eigenvalue weighted by Gasteiger charge is 2.19. The third-order valence-corrected chi connectivity index (χ3v) is 4.90. The summed E-state index contributed by atoms with van der Waals surface area (Å²) in [6, 6.07) is 17.0. The number of nitrogens with zero attached hydrogens (tertiary/aromatic N) is 1. The van der Waals surface area contributed by atoms with Crippen LogP contribution in [0.25, 0.3) is 11.3 Å². The molecule has 0 fully saturated rings. The third kappa shape index (κ3) is 5.00. The van der Waals surface area contributed by atoms with Crippen LogP contribution in [0.5, 0.6) is 5.75 Å². The van der Waals surface area contributed by atoms with Crippen LogP contribution in [0.2, 0.25) is 5.02 Å². The molecule has 0 unspecified atom stereocenters. The van der Waals surface area contributed by atoms with Crippen molar-refractivity contribution in [1.29, 1.82) is 0 Å². The van der Waals surface area contributed by atoms with E-state index in [9.17, 15) is 4.79 Å². The van der Waals surface area contributed by atoms with Crippen molar-refractivity contribution in [3.63, 3.8) is 0 Å². The maximum atomic E-state index is 10.6. The molecule has 1 aliphatic rings. The van der Waals surface area contributed by atoms with Gasteiger partial charge in [-0.2, -0.15) is 0 Å². The number of carboxylic acid groups (broad SMARTS) is 1. The Morgan fingerprint density at radius 1 is 1.14 bits per heavy atom. The summed E-state index contributed by atoms with van der Waals surface area (Å²) < 4.78 is 5.18. The minimum Gasteiger partial charge on any atom is -0.482 e. The molecule has 1 aliphatic carbocycles. The summed E-state index contributed by atoms with van der Waals surface area (Å²) in [5.74, 6) is -0.476. The SMILES string of the molecule is Cl.O=C(O)COc1ccc(Nc2cc(-c3cccc(Cl)c3)nc3c2CCC3)cc1. The fourth-order valence-electron chi connectivity index (χ4n) is 3.39.